The van der Waals surface area contributed by atoms with E-state index in [1.54, 1.807) is 11.0 Å². The Labute approximate surface area is 161 Å². The predicted octanol–water partition coefficient (Wildman–Crippen LogP) is 3.73. The van der Waals surface area contributed by atoms with Crippen LogP contribution in [0.5, 0.6) is 0 Å². The lowest BCUT2D eigenvalue weighted by Gasteiger charge is -2.31. The summed E-state index contributed by atoms with van der Waals surface area (Å²) >= 11 is 0. The van der Waals surface area contributed by atoms with Gasteiger partial charge in [-0.1, -0.05) is 73.7 Å². The summed E-state index contributed by atoms with van der Waals surface area (Å²) in [6.45, 7) is 6.43. The van der Waals surface area contributed by atoms with E-state index in [0.717, 1.165) is 17.5 Å². The van der Waals surface area contributed by atoms with Crippen molar-refractivity contribution in [2.24, 2.45) is 0 Å². The molecule has 0 unspecified atom stereocenters. The lowest BCUT2D eigenvalue weighted by molar-refractivity contribution is -0.141. The maximum atomic E-state index is 12.9. The van der Waals surface area contributed by atoms with Crippen molar-refractivity contribution in [3.8, 4) is 0 Å². The quantitative estimate of drug-likeness (QED) is 0.653. The molecule has 2 amide bonds. The Bertz CT molecular complexity index is 729. The van der Waals surface area contributed by atoms with Gasteiger partial charge in [0.15, 0.2) is 0 Å². The average Bonchev–Trinajstić information content (AvgIpc) is 2.70. The number of rotatable bonds is 10. The van der Waals surface area contributed by atoms with E-state index in [9.17, 15) is 9.59 Å². The van der Waals surface area contributed by atoms with Crippen molar-refractivity contribution in [1.82, 2.24) is 10.2 Å². The molecule has 1 N–H and O–H groups in total. The predicted molar refractivity (Wildman–Crippen MR) is 109 cm³/mol. The number of nitrogens with one attached hydrogen (secondary N) is 1. The van der Waals surface area contributed by atoms with E-state index in [1.807, 2.05) is 67.6 Å². The fourth-order valence-corrected chi connectivity index (χ4v) is 2.98. The molecular weight excluding hydrogens is 336 g/mol. The SMILES string of the molecule is C=CCNC(=O)[C@H](Cc1ccccc1)N(Cc1ccccc1)C(=O)CCC. The van der Waals surface area contributed by atoms with Gasteiger partial charge in [-0.05, 0) is 17.5 Å². The van der Waals surface area contributed by atoms with E-state index in [4.69, 9.17) is 0 Å². The molecule has 0 bridgehead atoms. The Balaban J connectivity index is 2.32. The third kappa shape index (κ3) is 6.41. The molecule has 0 aliphatic heterocycles. The molecule has 4 heteroatoms. The zero-order valence-electron chi connectivity index (χ0n) is 15.9. The molecule has 0 fully saturated rings. The van der Waals surface area contributed by atoms with Crippen LogP contribution in [0, 0.1) is 0 Å². The molecule has 2 aromatic carbocycles. The number of hydrogen-bond donors (Lipinski definition) is 1. The molecule has 0 saturated heterocycles. The lowest BCUT2D eigenvalue weighted by Crippen LogP contribution is -2.50. The highest BCUT2D eigenvalue weighted by atomic mass is 16.2. The van der Waals surface area contributed by atoms with E-state index in [2.05, 4.69) is 11.9 Å². The van der Waals surface area contributed by atoms with E-state index >= 15 is 0 Å². The van der Waals surface area contributed by atoms with Gasteiger partial charge >= 0.3 is 0 Å². The molecule has 0 saturated carbocycles. The van der Waals surface area contributed by atoms with Gasteiger partial charge in [-0.15, -0.1) is 6.58 Å². The number of carbonyl (C=O) groups is 2. The topological polar surface area (TPSA) is 49.4 Å². The van der Waals surface area contributed by atoms with Gasteiger partial charge in [0.1, 0.15) is 6.04 Å². The van der Waals surface area contributed by atoms with Crippen molar-refractivity contribution in [2.75, 3.05) is 6.54 Å². The van der Waals surface area contributed by atoms with Crippen molar-refractivity contribution >= 4 is 11.8 Å². The van der Waals surface area contributed by atoms with Crippen LogP contribution >= 0.6 is 0 Å². The molecule has 0 heterocycles. The van der Waals surface area contributed by atoms with Gasteiger partial charge in [0.05, 0.1) is 0 Å². The second-order valence-corrected chi connectivity index (χ2v) is 6.50. The van der Waals surface area contributed by atoms with Crippen molar-refractivity contribution in [3.63, 3.8) is 0 Å². The molecule has 0 spiro atoms. The standard InChI is InChI=1S/C23H28N2O2/c1-3-11-22(26)25(18-20-14-9-6-10-15-20)21(23(27)24-16-4-2)17-19-12-7-5-8-13-19/h4-10,12-15,21H,2-3,11,16-18H2,1H3,(H,24,27)/t21-/m0/s1. The van der Waals surface area contributed by atoms with Crippen LogP contribution in [0.3, 0.4) is 0 Å². The van der Waals surface area contributed by atoms with Gasteiger partial charge in [-0.3, -0.25) is 9.59 Å². The number of hydrogen-bond acceptors (Lipinski definition) is 2. The first kappa shape index (κ1) is 20.4. The lowest BCUT2D eigenvalue weighted by atomic mass is 10.0. The van der Waals surface area contributed by atoms with E-state index < -0.39 is 6.04 Å². The third-order valence-electron chi connectivity index (χ3n) is 4.35. The van der Waals surface area contributed by atoms with Gasteiger partial charge in [-0.2, -0.15) is 0 Å². The monoisotopic (exact) mass is 364 g/mol. The fraction of sp³-hybridized carbons (Fsp3) is 0.304. The summed E-state index contributed by atoms with van der Waals surface area (Å²) in [6, 6.07) is 19.0. The summed E-state index contributed by atoms with van der Waals surface area (Å²) in [6.07, 6.45) is 3.29. The largest absolute Gasteiger partial charge is 0.351 e. The van der Waals surface area contributed by atoms with Crippen molar-refractivity contribution in [1.29, 1.82) is 0 Å². The molecule has 0 radical (unpaired) electrons. The number of carbonyl (C=O) groups excluding carboxylic acids is 2. The zero-order chi connectivity index (χ0) is 19.5. The van der Waals surface area contributed by atoms with Gasteiger partial charge in [0, 0.05) is 25.9 Å². The van der Waals surface area contributed by atoms with Crippen molar-refractivity contribution in [2.45, 2.75) is 38.8 Å². The van der Waals surface area contributed by atoms with Crippen LogP contribution in [-0.4, -0.2) is 29.3 Å². The molecule has 0 aliphatic rings. The fourth-order valence-electron chi connectivity index (χ4n) is 2.98. The summed E-state index contributed by atoms with van der Waals surface area (Å²) < 4.78 is 0. The molecule has 4 nitrogen and oxygen atoms in total. The Hall–Kier alpha value is -2.88. The van der Waals surface area contributed by atoms with E-state index in [-0.39, 0.29) is 11.8 Å². The summed E-state index contributed by atoms with van der Waals surface area (Å²) in [5.74, 6) is -0.157. The third-order valence-corrected chi connectivity index (χ3v) is 4.35. The molecule has 0 aliphatic carbocycles. The Morgan fingerprint density at radius 1 is 1.04 bits per heavy atom. The van der Waals surface area contributed by atoms with Crippen LogP contribution in [0.15, 0.2) is 73.3 Å². The van der Waals surface area contributed by atoms with Crippen molar-refractivity contribution < 1.29 is 9.59 Å². The maximum Gasteiger partial charge on any atom is 0.243 e. The number of nitrogens with zero attached hydrogens (tertiary/aromatic N) is 1. The molecule has 2 rings (SSSR count). The van der Waals surface area contributed by atoms with E-state index in [1.165, 1.54) is 0 Å². The minimum absolute atomic E-state index is 0.00367. The van der Waals surface area contributed by atoms with Crippen LogP contribution in [0.4, 0.5) is 0 Å². The normalized spacial score (nSPS) is 11.4. The van der Waals surface area contributed by atoms with Gasteiger partial charge in [-0.25, -0.2) is 0 Å². The zero-order valence-corrected chi connectivity index (χ0v) is 15.9. The van der Waals surface area contributed by atoms with Crippen LogP contribution < -0.4 is 5.32 Å². The minimum Gasteiger partial charge on any atom is -0.351 e. The van der Waals surface area contributed by atoms with Crippen LogP contribution in [-0.2, 0) is 22.6 Å². The van der Waals surface area contributed by atoms with Gasteiger partial charge in [0.2, 0.25) is 11.8 Å². The summed E-state index contributed by atoms with van der Waals surface area (Å²) in [4.78, 5) is 27.5. The number of benzene rings is 2. The molecule has 142 valence electrons. The molecule has 27 heavy (non-hydrogen) atoms. The summed E-state index contributed by atoms with van der Waals surface area (Å²) in [5.41, 5.74) is 2.04. The Morgan fingerprint density at radius 3 is 2.19 bits per heavy atom. The average molecular weight is 364 g/mol. The molecular formula is C23H28N2O2. The summed E-state index contributed by atoms with van der Waals surface area (Å²) in [5, 5.41) is 2.87. The molecule has 1 atom stereocenters. The first-order chi connectivity index (χ1) is 13.2. The van der Waals surface area contributed by atoms with Gasteiger partial charge < -0.3 is 10.2 Å². The highest BCUT2D eigenvalue weighted by Gasteiger charge is 2.29. The first-order valence-electron chi connectivity index (χ1n) is 9.41. The second kappa shape index (κ2) is 11.0. The summed E-state index contributed by atoms with van der Waals surface area (Å²) in [7, 11) is 0. The smallest absolute Gasteiger partial charge is 0.243 e. The first-order valence-corrected chi connectivity index (χ1v) is 9.41. The van der Waals surface area contributed by atoms with Crippen LogP contribution in [0.2, 0.25) is 0 Å². The van der Waals surface area contributed by atoms with Crippen LogP contribution in [0.1, 0.15) is 30.9 Å². The molecule has 2 aromatic rings. The highest BCUT2D eigenvalue weighted by Crippen LogP contribution is 2.16. The van der Waals surface area contributed by atoms with Gasteiger partial charge in [0.25, 0.3) is 0 Å². The van der Waals surface area contributed by atoms with Crippen molar-refractivity contribution in [3.05, 3.63) is 84.4 Å². The Kier molecular flexibility index (Phi) is 8.30. The Morgan fingerprint density at radius 2 is 1.63 bits per heavy atom. The highest BCUT2D eigenvalue weighted by molar-refractivity contribution is 5.88. The van der Waals surface area contributed by atoms with Crippen LogP contribution in [0.25, 0.3) is 0 Å². The minimum atomic E-state index is -0.563. The maximum absolute atomic E-state index is 12.9. The second-order valence-electron chi connectivity index (χ2n) is 6.50. The van der Waals surface area contributed by atoms with E-state index in [0.29, 0.717) is 25.9 Å². The molecule has 0 aromatic heterocycles. The number of amides is 2.